The van der Waals surface area contributed by atoms with Gasteiger partial charge >= 0.3 is 5.97 Å². The SMILES string of the molecule is CCn1ncc2c(C(C)C(=O)O)cccc21. The molecule has 0 fully saturated rings. The highest BCUT2D eigenvalue weighted by Crippen LogP contribution is 2.25. The molecule has 4 heteroatoms. The summed E-state index contributed by atoms with van der Waals surface area (Å²) in [7, 11) is 0. The molecule has 2 rings (SSSR count). The topological polar surface area (TPSA) is 55.1 Å². The first-order valence-electron chi connectivity index (χ1n) is 5.32. The molecular weight excluding hydrogens is 204 g/mol. The summed E-state index contributed by atoms with van der Waals surface area (Å²) in [4.78, 5) is 11.0. The van der Waals surface area contributed by atoms with E-state index in [0.29, 0.717) is 0 Å². The largest absolute Gasteiger partial charge is 0.481 e. The number of aromatic nitrogens is 2. The summed E-state index contributed by atoms with van der Waals surface area (Å²) in [5.74, 6) is -1.31. The van der Waals surface area contributed by atoms with Crippen LogP contribution in [0.3, 0.4) is 0 Å². The predicted octanol–water partition coefficient (Wildman–Crippen LogP) is 2.24. The maximum absolute atomic E-state index is 11.0. The minimum Gasteiger partial charge on any atom is -0.481 e. The Labute approximate surface area is 93.5 Å². The first-order valence-corrected chi connectivity index (χ1v) is 5.32. The van der Waals surface area contributed by atoms with Gasteiger partial charge in [-0.2, -0.15) is 5.10 Å². The summed E-state index contributed by atoms with van der Waals surface area (Å²) < 4.78 is 1.87. The van der Waals surface area contributed by atoms with Gasteiger partial charge in [-0.25, -0.2) is 0 Å². The van der Waals surface area contributed by atoms with Crippen LogP contribution < -0.4 is 0 Å². The maximum Gasteiger partial charge on any atom is 0.310 e. The predicted molar refractivity (Wildman–Crippen MR) is 61.5 cm³/mol. The Hall–Kier alpha value is -1.84. The van der Waals surface area contributed by atoms with Crippen LogP contribution in [0.1, 0.15) is 25.3 Å². The summed E-state index contributed by atoms with van der Waals surface area (Å²) in [6.07, 6.45) is 1.74. The van der Waals surface area contributed by atoms with Crippen LogP contribution in [0, 0.1) is 0 Å². The molecule has 0 spiro atoms. The van der Waals surface area contributed by atoms with E-state index in [4.69, 9.17) is 5.11 Å². The van der Waals surface area contributed by atoms with E-state index in [1.165, 1.54) is 0 Å². The van der Waals surface area contributed by atoms with E-state index in [2.05, 4.69) is 5.10 Å². The Morgan fingerprint density at radius 3 is 2.94 bits per heavy atom. The molecule has 0 aliphatic heterocycles. The number of aliphatic carboxylic acids is 1. The van der Waals surface area contributed by atoms with Gasteiger partial charge in [-0.3, -0.25) is 9.48 Å². The molecule has 2 aromatic rings. The first kappa shape index (κ1) is 10.7. The van der Waals surface area contributed by atoms with Gasteiger partial charge in [0.05, 0.1) is 17.6 Å². The monoisotopic (exact) mass is 218 g/mol. The fourth-order valence-corrected chi connectivity index (χ4v) is 1.89. The number of hydrogen-bond acceptors (Lipinski definition) is 2. The molecule has 0 bridgehead atoms. The number of aryl methyl sites for hydroxylation is 1. The van der Waals surface area contributed by atoms with Crippen molar-refractivity contribution in [1.29, 1.82) is 0 Å². The van der Waals surface area contributed by atoms with E-state index >= 15 is 0 Å². The van der Waals surface area contributed by atoms with Crippen LogP contribution >= 0.6 is 0 Å². The third-order valence-electron chi connectivity index (χ3n) is 2.86. The quantitative estimate of drug-likeness (QED) is 0.859. The minimum atomic E-state index is -0.809. The number of nitrogens with zero attached hydrogens (tertiary/aromatic N) is 2. The molecule has 0 saturated carbocycles. The molecule has 0 radical (unpaired) electrons. The molecule has 1 aromatic carbocycles. The molecule has 0 saturated heterocycles. The minimum absolute atomic E-state index is 0.502. The number of fused-ring (bicyclic) bond motifs is 1. The van der Waals surface area contributed by atoms with Crippen molar-refractivity contribution >= 4 is 16.9 Å². The van der Waals surface area contributed by atoms with Gasteiger partial charge in [-0.15, -0.1) is 0 Å². The van der Waals surface area contributed by atoms with Crippen molar-refractivity contribution in [3.8, 4) is 0 Å². The smallest absolute Gasteiger partial charge is 0.310 e. The molecule has 0 amide bonds. The molecule has 4 nitrogen and oxygen atoms in total. The zero-order chi connectivity index (χ0) is 11.7. The number of benzene rings is 1. The Morgan fingerprint density at radius 1 is 1.56 bits per heavy atom. The second-order valence-electron chi connectivity index (χ2n) is 3.80. The van der Waals surface area contributed by atoms with E-state index in [9.17, 15) is 4.79 Å². The van der Waals surface area contributed by atoms with E-state index in [1.807, 2.05) is 29.8 Å². The highest BCUT2D eigenvalue weighted by atomic mass is 16.4. The van der Waals surface area contributed by atoms with Crippen molar-refractivity contribution in [2.75, 3.05) is 0 Å². The lowest BCUT2D eigenvalue weighted by Gasteiger charge is -2.08. The molecular formula is C12H14N2O2. The Bertz CT molecular complexity index is 531. The van der Waals surface area contributed by atoms with Crippen LogP contribution in [0.5, 0.6) is 0 Å². The number of hydrogen-bond donors (Lipinski definition) is 1. The third-order valence-corrected chi connectivity index (χ3v) is 2.86. The van der Waals surface area contributed by atoms with Gasteiger partial charge in [0.25, 0.3) is 0 Å². The average Bonchev–Trinajstić information content (AvgIpc) is 2.70. The van der Waals surface area contributed by atoms with E-state index in [-0.39, 0.29) is 0 Å². The van der Waals surface area contributed by atoms with Crippen molar-refractivity contribution in [2.24, 2.45) is 0 Å². The van der Waals surface area contributed by atoms with E-state index in [1.54, 1.807) is 13.1 Å². The van der Waals surface area contributed by atoms with Crippen LogP contribution in [-0.2, 0) is 11.3 Å². The normalized spacial score (nSPS) is 12.9. The van der Waals surface area contributed by atoms with E-state index < -0.39 is 11.9 Å². The summed E-state index contributed by atoms with van der Waals surface area (Å²) >= 11 is 0. The van der Waals surface area contributed by atoms with Crippen LogP contribution in [0.2, 0.25) is 0 Å². The number of carbonyl (C=O) groups is 1. The first-order chi connectivity index (χ1) is 7.65. The molecule has 1 heterocycles. The fraction of sp³-hybridized carbons (Fsp3) is 0.333. The second-order valence-corrected chi connectivity index (χ2v) is 3.80. The summed E-state index contributed by atoms with van der Waals surface area (Å²) in [5.41, 5.74) is 1.82. The van der Waals surface area contributed by atoms with Crippen molar-refractivity contribution in [1.82, 2.24) is 9.78 Å². The van der Waals surface area contributed by atoms with Gasteiger partial charge in [0.1, 0.15) is 0 Å². The summed E-state index contributed by atoms with van der Waals surface area (Å²) in [6.45, 7) is 4.49. The highest BCUT2D eigenvalue weighted by molar-refractivity contribution is 5.88. The second kappa shape index (κ2) is 3.96. The Morgan fingerprint density at radius 2 is 2.31 bits per heavy atom. The van der Waals surface area contributed by atoms with Crippen LogP contribution in [0.25, 0.3) is 10.9 Å². The lowest BCUT2D eigenvalue weighted by Crippen LogP contribution is -2.07. The lowest BCUT2D eigenvalue weighted by atomic mass is 9.98. The number of carboxylic acid groups (broad SMARTS) is 1. The van der Waals surface area contributed by atoms with Gasteiger partial charge in [-0.05, 0) is 25.5 Å². The zero-order valence-corrected chi connectivity index (χ0v) is 9.34. The average molecular weight is 218 g/mol. The van der Waals surface area contributed by atoms with Crippen LogP contribution in [0.15, 0.2) is 24.4 Å². The molecule has 16 heavy (non-hydrogen) atoms. The molecule has 1 N–H and O–H groups in total. The van der Waals surface area contributed by atoms with Crippen molar-refractivity contribution in [2.45, 2.75) is 26.3 Å². The maximum atomic E-state index is 11.0. The number of carboxylic acids is 1. The standard InChI is InChI=1S/C12H14N2O2/c1-3-14-11-6-4-5-9(8(2)12(15)16)10(11)7-13-14/h4-8H,3H2,1-2H3,(H,15,16). The Balaban J connectivity index is 2.63. The van der Waals surface area contributed by atoms with Gasteiger partial charge in [0.2, 0.25) is 0 Å². The van der Waals surface area contributed by atoms with Gasteiger partial charge in [0.15, 0.2) is 0 Å². The summed E-state index contributed by atoms with van der Waals surface area (Å²) in [6, 6.07) is 5.69. The van der Waals surface area contributed by atoms with Gasteiger partial charge < -0.3 is 5.11 Å². The lowest BCUT2D eigenvalue weighted by molar-refractivity contribution is -0.138. The Kier molecular flexibility index (Phi) is 2.64. The fourth-order valence-electron chi connectivity index (χ4n) is 1.89. The highest BCUT2D eigenvalue weighted by Gasteiger charge is 2.17. The molecule has 1 atom stereocenters. The third kappa shape index (κ3) is 1.56. The molecule has 0 aliphatic rings. The van der Waals surface area contributed by atoms with Crippen molar-refractivity contribution in [3.05, 3.63) is 30.0 Å². The molecule has 0 aliphatic carbocycles. The molecule has 1 aromatic heterocycles. The zero-order valence-electron chi connectivity index (χ0n) is 9.34. The van der Waals surface area contributed by atoms with Crippen molar-refractivity contribution in [3.63, 3.8) is 0 Å². The van der Waals surface area contributed by atoms with Crippen molar-refractivity contribution < 1.29 is 9.90 Å². The number of rotatable bonds is 3. The van der Waals surface area contributed by atoms with Gasteiger partial charge in [-0.1, -0.05) is 12.1 Å². The van der Waals surface area contributed by atoms with Gasteiger partial charge in [0, 0.05) is 11.9 Å². The van der Waals surface area contributed by atoms with Crippen LogP contribution in [-0.4, -0.2) is 20.9 Å². The van der Waals surface area contributed by atoms with E-state index in [0.717, 1.165) is 23.0 Å². The molecule has 84 valence electrons. The van der Waals surface area contributed by atoms with Crippen LogP contribution in [0.4, 0.5) is 0 Å². The molecule has 1 unspecified atom stereocenters. The summed E-state index contributed by atoms with van der Waals surface area (Å²) in [5, 5.41) is 14.2.